The molecule has 0 spiro atoms. The Labute approximate surface area is 115 Å². The number of aromatic nitrogens is 4. The van der Waals surface area contributed by atoms with Crippen LogP contribution in [0.4, 0.5) is 5.82 Å². The van der Waals surface area contributed by atoms with Gasteiger partial charge in [0.05, 0.1) is 0 Å². The Morgan fingerprint density at radius 1 is 1.42 bits per heavy atom. The van der Waals surface area contributed by atoms with Crippen LogP contribution in [-0.2, 0) is 6.42 Å². The molecule has 0 radical (unpaired) electrons. The molecule has 0 amide bonds. The van der Waals surface area contributed by atoms with Gasteiger partial charge in [-0.05, 0) is 25.1 Å². The SMILES string of the molecule is CCc1c(NC)ncnc1Sc1nc(C)cc(=O)[nH]1. The van der Waals surface area contributed by atoms with Gasteiger partial charge >= 0.3 is 0 Å². The van der Waals surface area contributed by atoms with Gasteiger partial charge in [0.25, 0.3) is 5.56 Å². The first-order valence-electron chi connectivity index (χ1n) is 5.91. The van der Waals surface area contributed by atoms with E-state index in [0.717, 1.165) is 22.8 Å². The van der Waals surface area contributed by atoms with E-state index >= 15 is 0 Å². The molecule has 2 N–H and O–H groups in total. The van der Waals surface area contributed by atoms with Crippen LogP contribution < -0.4 is 10.9 Å². The number of nitrogens with zero attached hydrogens (tertiary/aromatic N) is 3. The van der Waals surface area contributed by atoms with E-state index in [1.165, 1.54) is 24.2 Å². The quantitative estimate of drug-likeness (QED) is 0.652. The van der Waals surface area contributed by atoms with Crippen LogP contribution in [0.5, 0.6) is 0 Å². The van der Waals surface area contributed by atoms with Crippen LogP contribution in [-0.4, -0.2) is 27.0 Å². The molecule has 2 aromatic rings. The predicted octanol–water partition coefficient (Wildman–Crippen LogP) is 1.62. The highest BCUT2D eigenvalue weighted by atomic mass is 32.2. The fraction of sp³-hybridized carbons (Fsp3) is 0.333. The molecule has 0 aromatic carbocycles. The Morgan fingerprint density at radius 3 is 2.84 bits per heavy atom. The monoisotopic (exact) mass is 277 g/mol. The minimum atomic E-state index is -0.157. The predicted molar refractivity (Wildman–Crippen MR) is 74.7 cm³/mol. The first-order valence-corrected chi connectivity index (χ1v) is 6.73. The molecule has 0 atom stereocenters. The van der Waals surface area contributed by atoms with Gasteiger partial charge in [0.2, 0.25) is 0 Å². The Hall–Kier alpha value is -1.89. The molecule has 0 aliphatic carbocycles. The van der Waals surface area contributed by atoms with Crippen molar-refractivity contribution in [1.82, 2.24) is 19.9 Å². The molecule has 0 fully saturated rings. The molecule has 2 rings (SSSR count). The van der Waals surface area contributed by atoms with Crippen molar-refractivity contribution in [1.29, 1.82) is 0 Å². The van der Waals surface area contributed by atoms with Crippen LogP contribution >= 0.6 is 11.8 Å². The highest BCUT2D eigenvalue weighted by molar-refractivity contribution is 7.99. The lowest BCUT2D eigenvalue weighted by Gasteiger charge is -2.10. The maximum atomic E-state index is 11.4. The molecule has 2 heterocycles. The summed E-state index contributed by atoms with van der Waals surface area (Å²) >= 11 is 1.34. The van der Waals surface area contributed by atoms with Crippen molar-refractivity contribution < 1.29 is 0 Å². The van der Waals surface area contributed by atoms with Gasteiger partial charge < -0.3 is 10.3 Å². The van der Waals surface area contributed by atoms with E-state index in [1.54, 1.807) is 6.92 Å². The lowest BCUT2D eigenvalue weighted by molar-refractivity contribution is 0.891. The average molecular weight is 277 g/mol. The minimum absolute atomic E-state index is 0.157. The minimum Gasteiger partial charge on any atom is -0.373 e. The van der Waals surface area contributed by atoms with Gasteiger partial charge in [-0.15, -0.1) is 0 Å². The maximum absolute atomic E-state index is 11.4. The van der Waals surface area contributed by atoms with Crippen molar-refractivity contribution in [3.05, 3.63) is 34.0 Å². The number of hydrogen-bond donors (Lipinski definition) is 2. The second-order valence-electron chi connectivity index (χ2n) is 3.90. The average Bonchev–Trinajstić information content (AvgIpc) is 2.37. The van der Waals surface area contributed by atoms with E-state index in [2.05, 4.69) is 25.3 Å². The summed E-state index contributed by atoms with van der Waals surface area (Å²) in [6.07, 6.45) is 2.30. The van der Waals surface area contributed by atoms with Gasteiger partial charge in [0.15, 0.2) is 5.16 Å². The topological polar surface area (TPSA) is 83.6 Å². The molecule has 0 unspecified atom stereocenters. The first kappa shape index (κ1) is 13.5. The highest BCUT2D eigenvalue weighted by Gasteiger charge is 2.11. The van der Waals surface area contributed by atoms with Crippen molar-refractivity contribution in [3.63, 3.8) is 0 Å². The number of H-pyrrole nitrogens is 1. The fourth-order valence-corrected chi connectivity index (χ4v) is 2.70. The van der Waals surface area contributed by atoms with E-state index < -0.39 is 0 Å². The summed E-state index contributed by atoms with van der Waals surface area (Å²) in [4.78, 5) is 26.9. The summed E-state index contributed by atoms with van der Waals surface area (Å²) in [7, 11) is 1.82. The molecule has 0 aliphatic rings. The zero-order valence-corrected chi connectivity index (χ0v) is 11.8. The number of hydrogen-bond acceptors (Lipinski definition) is 6. The molecule has 0 saturated heterocycles. The normalized spacial score (nSPS) is 10.5. The van der Waals surface area contributed by atoms with E-state index in [4.69, 9.17) is 0 Å². The number of aromatic amines is 1. The zero-order valence-electron chi connectivity index (χ0n) is 11.0. The number of anilines is 1. The van der Waals surface area contributed by atoms with Gasteiger partial charge in [-0.3, -0.25) is 4.79 Å². The van der Waals surface area contributed by atoms with Crippen LogP contribution in [0.25, 0.3) is 0 Å². The van der Waals surface area contributed by atoms with Crippen molar-refractivity contribution in [2.24, 2.45) is 0 Å². The van der Waals surface area contributed by atoms with Crippen LogP contribution in [0.15, 0.2) is 27.4 Å². The van der Waals surface area contributed by atoms with Crippen molar-refractivity contribution in [3.8, 4) is 0 Å². The molecule has 6 nitrogen and oxygen atoms in total. The second-order valence-corrected chi connectivity index (χ2v) is 4.88. The molecule has 0 bridgehead atoms. The maximum Gasteiger partial charge on any atom is 0.251 e. The van der Waals surface area contributed by atoms with Gasteiger partial charge in [0.1, 0.15) is 17.2 Å². The van der Waals surface area contributed by atoms with Gasteiger partial charge in [0, 0.05) is 24.4 Å². The third kappa shape index (κ3) is 3.11. The zero-order chi connectivity index (χ0) is 13.8. The Bertz CT molecular complexity index is 640. The Balaban J connectivity index is 2.40. The molecule has 19 heavy (non-hydrogen) atoms. The molecular formula is C12H15N5OS. The molecule has 2 aromatic heterocycles. The van der Waals surface area contributed by atoms with Crippen LogP contribution in [0.1, 0.15) is 18.2 Å². The summed E-state index contributed by atoms with van der Waals surface area (Å²) in [5.41, 5.74) is 1.54. The van der Waals surface area contributed by atoms with Gasteiger partial charge in [-0.2, -0.15) is 0 Å². The van der Waals surface area contributed by atoms with Crippen LogP contribution in [0, 0.1) is 6.92 Å². The van der Waals surface area contributed by atoms with E-state index in [9.17, 15) is 4.79 Å². The van der Waals surface area contributed by atoms with E-state index in [1.807, 2.05) is 14.0 Å². The second kappa shape index (κ2) is 5.83. The summed E-state index contributed by atoms with van der Waals surface area (Å²) in [5, 5.41) is 4.38. The standard InChI is InChI=1S/C12H15N5OS/c1-4-8-10(13-3)14-6-15-11(8)19-12-16-7(2)5-9(18)17-12/h5-6H,4H2,1-3H3,(H,13,14,15)(H,16,17,18). The molecule has 0 aliphatic heterocycles. The lowest BCUT2D eigenvalue weighted by atomic mass is 10.2. The Kier molecular flexibility index (Phi) is 4.16. The van der Waals surface area contributed by atoms with Crippen LogP contribution in [0.2, 0.25) is 0 Å². The smallest absolute Gasteiger partial charge is 0.251 e. The third-order valence-electron chi connectivity index (χ3n) is 2.54. The fourth-order valence-electron chi connectivity index (χ4n) is 1.71. The molecule has 100 valence electrons. The lowest BCUT2D eigenvalue weighted by Crippen LogP contribution is -2.08. The Morgan fingerprint density at radius 2 is 2.21 bits per heavy atom. The summed E-state index contributed by atoms with van der Waals surface area (Å²) < 4.78 is 0. The summed E-state index contributed by atoms with van der Waals surface area (Å²) in [6.45, 7) is 3.83. The number of rotatable bonds is 4. The molecular weight excluding hydrogens is 262 g/mol. The highest BCUT2D eigenvalue weighted by Crippen LogP contribution is 2.28. The summed E-state index contributed by atoms with van der Waals surface area (Å²) in [5.74, 6) is 0.801. The van der Waals surface area contributed by atoms with Crippen LogP contribution in [0.3, 0.4) is 0 Å². The number of aryl methyl sites for hydroxylation is 1. The molecule has 7 heteroatoms. The van der Waals surface area contributed by atoms with Crippen molar-refractivity contribution in [2.75, 3.05) is 12.4 Å². The largest absolute Gasteiger partial charge is 0.373 e. The summed E-state index contributed by atoms with van der Waals surface area (Å²) in [6, 6.07) is 1.46. The van der Waals surface area contributed by atoms with E-state index in [0.29, 0.717) is 10.9 Å². The van der Waals surface area contributed by atoms with E-state index in [-0.39, 0.29) is 5.56 Å². The first-order chi connectivity index (χ1) is 9.13. The molecule has 0 saturated carbocycles. The third-order valence-corrected chi connectivity index (χ3v) is 3.47. The van der Waals surface area contributed by atoms with Gasteiger partial charge in [-0.25, -0.2) is 15.0 Å². The van der Waals surface area contributed by atoms with Gasteiger partial charge in [-0.1, -0.05) is 6.92 Å². The number of nitrogens with one attached hydrogen (secondary N) is 2. The van der Waals surface area contributed by atoms with Crippen molar-refractivity contribution >= 4 is 17.6 Å². The van der Waals surface area contributed by atoms with Crippen molar-refractivity contribution in [2.45, 2.75) is 30.5 Å².